The summed E-state index contributed by atoms with van der Waals surface area (Å²) in [6.07, 6.45) is 6.10. The van der Waals surface area contributed by atoms with E-state index in [1.807, 2.05) is 4.90 Å². The second-order valence-electron chi connectivity index (χ2n) is 7.57. The van der Waals surface area contributed by atoms with Crippen molar-refractivity contribution in [3.05, 3.63) is 18.2 Å². The molecule has 2 bridgehead atoms. The smallest absolute Gasteiger partial charge is 0.319 e. The van der Waals surface area contributed by atoms with Gasteiger partial charge in [0.2, 0.25) is 5.91 Å². The van der Waals surface area contributed by atoms with Gasteiger partial charge in [-0.2, -0.15) is 8.78 Å². The molecule has 154 valence electrons. The Hall–Kier alpha value is -0.960. The van der Waals surface area contributed by atoms with Crippen molar-refractivity contribution in [2.75, 3.05) is 26.2 Å². The number of carbonyl (C=O) groups is 1. The third kappa shape index (κ3) is 4.23. The molecule has 27 heavy (non-hydrogen) atoms. The molecule has 2 N–H and O–H groups in total. The van der Waals surface area contributed by atoms with Crippen molar-refractivity contribution in [3.63, 3.8) is 0 Å². The van der Waals surface area contributed by atoms with Crippen LogP contribution >= 0.6 is 24.8 Å². The van der Waals surface area contributed by atoms with Crippen LogP contribution in [-0.2, 0) is 11.3 Å². The maximum atomic E-state index is 12.9. The van der Waals surface area contributed by atoms with Gasteiger partial charge >= 0.3 is 6.55 Å². The lowest BCUT2D eigenvalue weighted by Crippen LogP contribution is -2.53. The topological polar surface area (TPSA) is 67.4 Å². The molecule has 2 saturated carbocycles. The number of alkyl halides is 2. The molecule has 3 aliphatic rings. The van der Waals surface area contributed by atoms with Crippen LogP contribution in [0.5, 0.6) is 0 Å². The summed E-state index contributed by atoms with van der Waals surface area (Å²) < 4.78 is 26.7. The Labute approximate surface area is 170 Å². The number of nitrogens with zero attached hydrogens (tertiary/aromatic N) is 4. The van der Waals surface area contributed by atoms with Crippen LogP contribution in [0.25, 0.3) is 0 Å². The summed E-state index contributed by atoms with van der Waals surface area (Å²) in [5, 5.41) is 0. The van der Waals surface area contributed by atoms with Crippen molar-refractivity contribution in [1.29, 1.82) is 0 Å². The molecule has 10 heteroatoms. The van der Waals surface area contributed by atoms with E-state index in [0.29, 0.717) is 50.4 Å². The van der Waals surface area contributed by atoms with Crippen LogP contribution in [0.1, 0.15) is 31.6 Å². The fourth-order valence-corrected chi connectivity index (χ4v) is 4.88. The van der Waals surface area contributed by atoms with Gasteiger partial charge in [0.1, 0.15) is 5.82 Å². The maximum Gasteiger partial charge on any atom is 0.319 e. The number of fused-ring (bicyclic) bond motifs is 2. The standard InChI is InChI=1S/C17H25F2N5O.2ClH/c18-17(19)24-4-3-21-13(24)10-22-5-7-23(8-6-22)16(25)14-11-1-2-12(9-11)15(14)20;;/h3-4,11-12,14-15,17H,1-2,5-10,20H2;2*1H. The third-order valence-electron chi connectivity index (χ3n) is 6.27. The highest BCUT2D eigenvalue weighted by atomic mass is 35.5. The number of imidazole rings is 1. The highest BCUT2D eigenvalue weighted by Gasteiger charge is 2.50. The lowest BCUT2D eigenvalue weighted by Gasteiger charge is -2.38. The summed E-state index contributed by atoms with van der Waals surface area (Å²) in [6, 6.07) is 0.0165. The number of rotatable bonds is 4. The molecule has 2 heterocycles. The van der Waals surface area contributed by atoms with E-state index < -0.39 is 6.55 Å². The number of hydrogen-bond acceptors (Lipinski definition) is 4. The van der Waals surface area contributed by atoms with Gasteiger partial charge in [-0.05, 0) is 31.1 Å². The van der Waals surface area contributed by atoms with E-state index in [1.165, 1.54) is 18.8 Å². The zero-order valence-electron chi connectivity index (χ0n) is 15.0. The van der Waals surface area contributed by atoms with Crippen LogP contribution in [0.15, 0.2) is 12.4 Å². The van der Waals surface area contributed by atoms with Crippen LogP contribution in [0.2, 0.25) is 0 Å². The van der Waals surface area contributed by atoms with Gasteiger partial charge in [0, 0.05) is 44.6 Å². The minimum atomic E-state index is -2.57. The Bertz CT molecular complexity index is 637. The van der Waals surface area contributed by atoms with E-state index in [4.69, 9.17) is 5.73 Å². The molecule has 4 rings (SSSR count). The Kier molecular flexibility index (Phi) is 7.47. The van der Waals surface area contributed by atoms with E-state index in [2.05, 4.69) is 9.88 Å². The summed E-state index contributed by atoms with van der Waals surface area (Å²) in [5.74, 6) is 1.54. The molecule has 4 atom stereocenters. The minimum absolute atomic E-state index is 0. The van der Waals surface area contributed by atoms with Gasteiger partial charge in [0.15, 0.2) is 0 Å². The molecular weight excluding hydrogens is 399 g/mol. The van der Waals surface area contributed by atoms with Gasteiger partial charge in [-0.25, -0.2) is 4.98 Å². The summed E-state index contributed by atoms with van der Waals surface area (Å²) >= 11 is 0. The van der Waals surface area contributed by atoms with Gasteiger partial charge in [-0.1, -0.05) is 0 Å². The second kappa shape index (κ2) is 9.03. The highest BCUT2D eigenvalue weighted by molar-refractivity contribution is 5.85. The zero-order chi connectivity index (χ0) is 17.6. The lowest BCUT2D eigenvalue weighted by molar-refractivity contribution is -0.139. The molecule has 0 radical (unpaired) electrons. The molecule has 6 nitrogen and oxygen atoms in total. The lowest BCUT2D eigenvalue weighted by atomic mass is 9.84. The molecule has 1 aromatic rings. The molecule has 1 amide bonds. The monoisotopic (exact) mass is 425 g/mol. The third-order valence-corrected chi connectivity index (χ3v) is 6.27. The molecule has 1 aromatic heterocycles. The summed E-state index contributed by atoms with van der Waals surface area (Å²) in [6.45, 7) is 0.437. The molecule has 3 fully saturated rings. The second-order valence-corrected chi connectivity index (χ2v) is 7.57. The molecule has 1 aliphatic heterocycles. The number of aromatic nitrogens is 2. The van der Waals surface area contributed by atoms with Crippen LogP contribution in [0.4, 0.5) is 8.78 Å². The van der Waals surface area contributed by atoms with Crippen LogP contribution < -0.4 is 5.73 Å². The van der Waals surface area contributed by atoms with Crippen LogP contribution in [0, 0.1) is 17.8 Å². The molecule has 0 spiro atoms. The van der Waals surface area contributed by atoms with E-state index in [0.717, 1.165) is 17.4 Å². The molecular formula is C17H27Cl2F2N5O. The van der Waals surface area contributed by atoms with Gasteiger partial charge in [0.25, 0.3) is 0 Å². The number of amides is 1. The Morgan fingerprint density at radius 1 is 1.19 bits per heavy atom. The van der Waals surface area contributed by atoms with Crippen molar-refractivity contribution >= 4 is 30.7 Å². The maximum absolute atomic E-state index is 12.9. The minimum Gasteiger partial charge on any atom is -0.340 e. The van der Waals surface area contributed by atoms with Gasteiger partial charge in [-0.3, -0.25) is 14.3 Å². The van der Waals surface area contributed by atoms with E-state index in [1.54, 1.807) is 0 Å². The first kappa shape index (κ1) is 22.3. The van der Waals surface area contributed by atoms with Crippen LogP contribution in [0.3, 0.4) is 0 Å². The summed E-state index contributed by atoms with van der Waals surface area (Å²) in [4.78, 5) is 20.9. The molecule has 2 aliphatic carbocycles. The molecule has 4 unspecified atom stereocenters. The van der Waals surface area contributed by atoms with Crippen molar-refractivity contribution in [1.82, 2.24) is 19.4 Å². The fourth-order valence-electron chi connectivity index (χ4n) is 4.88. The van der Waals surface area contributed by atoms with E-state index >= 15 is 0 Å². The van der Waals surface area contributed by atoms with Gasteiger partial charge in [0.05, 0.1) is 12.5 Å². The largest absolute Gasteiger partial charge is 0.340 e. The number of halogens is 4. The average molecular weight is 426 g/mol. The first-order valence-corrected chi connectivity index (χ1v) is 9.11. The number of hydrogen-bond donors (Lipinski definition) is 1. The van der Waals surface area contributed by atoms with Gasteiger partial charge < -0.3 is 10.6 Å². The van der Waals surface area contributed by atoms with Crippen molar-refractivity contribution in [2.45, 2.75) is 38.4 Å². The molecule has 0 aromatic carbocycles. The average Bonchev–Trinajstić information content (AvgIpc) is 3.31. The van der Waals surface area contributed by atoms with E-state index in [-0.39, 0.29) is 42.7 Å². The highest BCUT2D eigenvalue weighted by Crippen LogP contribution is 2.48. The van der Waals surface area contributed by atoms with Crippen molar-refractivity contribution < 1.29 is 13.6 Å². The summed E-state index contributed by atoms with van der Waals surface area (Å²) in [7, 11) is 0. The SMILES string of the molecule is Cl.Cl.NC1C2CCC(C2)C1C(=O)N1CCN(Cc2nccn2C(F)F)CC1. The Balaban J connectivity index is 0.00000131. The van der Waals surface area contributed by atoms with Gasteiger partial charge in [-0.15, -0.1) is 24.8 Å². The summed E-state index contributed by atoms with van der Waals surface area (Å²) in [5.41, 5.74) is 6.29. The number of nitrogens with two attached hydrogens (primary N) is 1. The Morgan fingerprint density at radius 2 is 1.85 bits per heavy atom. The number of piperazine rings is 1. The normalized spacial score (nSPS) is 30.3. The first-order valence-electron chi connectivity index (χ1n) is 9.11. The predicted molar refractivity (Wildman–Crippen MR) is 102 cm³/mol. The number of carbonyl (C=O) groups excluding carboxylic acids is 1. The Morgan fingerprint density at radius 3 is 2.44 bits per heavy atom. The molecule has 1 saturated heterocycles. The predicted octanol–water partition coefficient (Wildman–Crippen LogP) is 2.14. The van der Waals surface area contributed by atoms with E-state index in [9.17, 15) is 13.6 Å². The fraction of sp³-hybridized carbons (Fsp3) is 0.765. The first-order chi connectivity index (χ1) is 12.0. The zero-order valence-corrected chi connectivity index (χ0v) is 16.7. The van der Waals surface area contributed by atoms with Crippen molar-refractivity contribution in [3.8, 4) is 0 Å². The van der Waals surface area contributed by atoms with Crippen molar-refractivity contribution in [2.24, 2.45) is 23.5 Å². The van der Waals surface area contributed by atoms with Crippen LogP contribution in [-0.4, -0.2) is 57.5 Å². The quantitative estimate of drug-likeness (QED) is 0.802.